The molecule has 0 radical (unpaired) electrons. The van der Waals surface area contributed by atoms with Gasteiger partial charge in [-0.2, -0.15) is 0 Å². The molecule has 0 atom stereocenters. The van der Waals surface area contributed by atoms with E-state index in [2.05, 4.69) is 5.73 Å². The summed E-state index contributed by atoms with van der Waals surface area (Å²) in [5.74, 6) is -0.968. The first kappa shape index (κ1) is 10.4. The lowest BCUT2D eigenvalue weighted by molar-refractivity contribution is -0.135. The van der Waals surface area contributed by atoms with E-state index < -0.39 is 13.7 Å². The third-order valence-electron chi connectivity index (χ3n) is 0.175. The molecule has 5 nitrogen and oxygen atoms in total. The van der Waals surface area contributed by atoms with E-state index in [9.17, 15) is 4.79 Å². The van der Waals surface area contributed by atoms with Crippen LogP contribution in [-0.4, -0.2) is 35.4 Å². The number of carboxylic acid groups (broad SMARTS) is 1. The van der Waals surface area contributed by atoms with Crippen molar-refractivity contribution in [3.63, 3.8) is 0 Å². The van der Waals surface area contributed by atoms with Crippen LogP contribution in [0, 0.1) is 0 Å². The van der Waals surface area contributed by atoms with Crippen LogP contribution in [-0.2, 0) is 4.79 Å². The van der Waals surface area contributed by atoms with E-state index >= 15 is 0 Å². The molecule has 0 aromatic heterocycles. The zero-order valence-electron chi connectivity index (χ0n) is 4.24. The molecule has 0 spiro atoms. The van der Waals surface area contributed by atoms with Gasteiger partial charge in [-0.05, 0) is 0 Å². The van der Waals surface area contributed by atoms with Crippen molar-refractivity contribution in [2.24, 2.45) is 5.73 Å². The predicted molar refractivity (Wildman–Crippen MR) is 28.3 cm³/mol. The number of hydrogen-bond acceptors (Lipinski definition) is 4. The second kappa shape index (κ2) is 9.65. The monoisotopic (exact) mass is 121 g/mol. The Labute approximate surface area is 47.1 Å². The SMILES string of the molecule is NCC(=O)O.OBO. The zero-order valence-corrected chi connectivity index (χ0v) is 4.24. The van der Waals surface area contributed by atoms with Crippen molar-refractivity contribution in [3.05, 3.63) is 0 Å². The highest BCUT2D eigenvalue weighted by Gasteiger charge is 1.81. The molecule has 0 rings (SSSR count). The predicted octanol–water partition coefficient (Wildman–Crippen LogP) is -2.73. The van der Waals surface area contributed by atoms with Crippen LogP contribution in [0.3, 0.4) is 0 Å². The molecular weight excluding hydrogens is 113 g/mol. The van der Waals surface area contributed by atoms with Crippen molar-refractivity contribution in [3.8, 4) is 0 Å². The molecule has 8 heavy (non-hydrogen) atoms. The van der Waals surface area contributed by atoms with Crippen molar-refractivity contribution in [1.29, 1.82) is 0 Å². The molecule has 0 saturated heterocycles. The Morgan fingerprint density at radius 1 is 1.62 bits per heavy atom. The molecule has 0 saturated carbocycles. The molecule has 48 valence electrons. The summed E-state index contributed by atoms with van der Waals surface area (Å²) in [5, 5.41) is 21.8. The highest BCUT2D eigenvalue weighted by atomic mass is 16.4. The summed E-state index contributed by atoms with van der Waals surface area (Å²) >= 11 is 0. The fourth-order valence-corrected chi connectivity index (χ4v) is 0. The molecule has 0 bridgehead atoms. The fraction of sp³-hybridized carbons (Fsp3) is 0.500. The molecule has 0 fully saturated rings. The second-order valence-electron chi connectivity index (χ2n) is 0.739. The molecule has 0 aromatic carbocycles. The van der Waals surface area contributed by atoms with Crippen molar-refractivity contribution in [2.45, 2.75) is 0 Å². The van der Waals surface area contributed by atoms with Crippen LogP contribution >= 0.6 is 0 Å². The summed E-state index contributed by atoms with van der Waals surface area (Å²) in [7, 11) is -0.750. The quantitative estimate of drug-likeness (QED) is 0.282. The van der Waals surface area contributed by atoms with E-state index in [0.717, 1.165) is 0 Å². The molecule has 0 aliphatic heterocycles. The van der Waals surface area contributed by atoms with Crippen molar-refractivity contribution in [2.75, 3.05) is 6.54 Å². The van der Waals surface area contributed by atoms with Gasteiger partial charge < -0.3 is 20.9 Å². The van der Waals surface area contributed by atoms with E-state index in [4.69, 9.17) is 15.2 Å². The Balaban J connectivity index is 0. The number of rotatable bonds is 1. The van der Waals surface area contributed by atoms with Gasteiger partial charge in [-0.25, -0.2) is 0 Å². The maximum Gasteiger partial charge on any atom is 0.432 e. The average Bonchev–Trinajstić information content (AvgIpc) is 1.69. The molecular formula is C2H8BNO4. The molecule has 0 aromatic rings. The third-order valence-corrected chi connectivity index (χ3v) is 0.175. The molecule has 0 unspecified atom stereocenters. The number of carboxylic acids is 1. The van der Waals surface area contributed by atoms with E-state index in [-0.39, 0.29) is 6.54 Å². The summed E-state index contributed by atoms with van der Waals surface area (Å²) in [4.78, 5) is 9.24. The molecule has 0 aliphatic carbocycles. The van der Waals surface area contributed by atoms with Crippen molar-refractivity contribution >= 4 is 13.7 Å². The van der Waals surface area contributed by atoms with Crippen LogP contribution < -0.4 is 5.73 Å². The number of aliphatic carboxylic acids is 1. The first-order valence-corrected chi connectivity index (χ1v) is 1.82. The minimum atomic E-state index is -0.968. The van der Waals surface area contributed by atoms with Crippen LogP contribution in [0.4, 0.5) is 0 Å². The lowest BCUT2D eigenvalue weighted by atomic mass is 10.5. The molecule has 0 amide bonds. The normalized spacial score (nSPS) is 6.38. The van der Waals surface area contributed by atoms with Gasteiger partial charge in [-0.15, -0.1) is 0 Å². The van der Waals surface area contributed by atoms with Gasteiger partial charge in [0.1, 0.15) is 0 Å². The van der Waals surface area contributed by atoms with E-state index in [1.54, 1.807) is 0 Å². The van der Waals surface area contributed by atoms with Gasteiger partial charge in [0.15, 0.2) is 0 Å². The molecule has 0 heterocycles. The van der Waals surface area contributed by atoms with Gasteiger partial charge in [-0.1, -0.05) is 0 Å². The molecule has 6 heteroatoms. The Morgan fingerprint density at radius 2 is 1.75 bits per heavy atom. The lowest BCUT2D eigenvalue weighted by Gasteiger charge is -1.73. The van der Waals surface area contributed by atoms with Crippen LogP contribution in [0.5, 0.6) is 0 Å². The van der Waals surface area contributed by atoms with Crippen molar-refractivity contribution < 1.29 is 19.9 Å². The summed E-state index contributed by atoms with van der Waals surface area (Å²) < 4.78 is 0. The summed E-state index contributed by atoms with van der Waals surface area (Å²) in [5.41, 5.74) is 4.57. The summed E-state index contributed by atoms with van der Waals surface area (Å²) in [6, 6.07) is 0. The molecule has 5 N–H and O–H groups in total. The second-order valence-corrected chi connectivity index (χ2v) is 0.739. The minimum Gasteiger partial charge on any atom is -0.480 e. The smallest absolute Gasteiger partial charge is 0.432 e. The summed E-state index contributed by atoms with van der Waals surface area (Å²) in [6.45, 7) is -0.278. The molecule has 0 aliphatic rings. The first-order valence-electron chi connectivity index (χ1n) is 1.82. The Bertz CT molecular complexity index is 58.0. The summed E-state index contributed by atoms with van der Waals surface area (Å²) in [6.07, 6.45) is 0. The van der Waals surface area contributed by atoms with Gasteiger partial charge in [0.05, 0.1) is 6.54 Å². The highest BCUT2D eigenvalue weighted by molar-refractivity contribution is 6.13. The maximum absolute atomic E-state index is 9.24. The fourth-order valence-electron chi connectivity index (χ4n) is 0. The zero-order chi connectivity index (χ0) is 6.99. The van der Waals surface area contributed by atoms with Crippen LogP contribution in [0.1, 0.15) is 0 Å². The lowest BCUT2D eigenvalue weighted by Crippen LogP contribution is -2.10. The third kappa shape index (κ3) is 52.7. The maximum atomic E-state index is 9.24. The van der Waals surface area contributed by atoms with Gasteiger partial charge in [0, 0.05) is 0 Å². The van der Waals surface area contributed by atoms with Crippen LogP contribution in [0.15, 0.2) is 0 Å². The van der Waals surface area contributed by atoms with E-state index in [1.165, 1.54) is 0 Å². The van der Waals surface area contributed by atoms with Gasteiger partial charge in [-0.3, -0.25) is 4.79 Å². The van der Waals surface area contributed by atoms with Gasteiger partial charge in [0.2, 0.25) is 0 Å². The van der Waals surface area contributed by atoms with E-state index in [1.807, 2.05) is 0 Å². The standard InChI is InChI=1S/C2H5NO2.BH3O2/c3-1-2(4)5;2-1-3/h1,3H2,(H,4,5);1-3H. The number of carbonyl (C=O) groups is 1. The first-order chi connectivity index (χ1) is 3.68. The Hall–Kier alpha value is -0.585. The average molecular weight is 121 g/mol. The minimum absolute atomic E-state index is 0.278. The van der Waals surface area contributed by atoms with Gasteiger partial charge >= 0.3 is 13.7 Å². The van der Waals surface area contributed by atoms with Crippen LogP contribution in [0.25, 0.3) is 0 Å². The Kier molecular flexibility index (Phi) is 12.6. The van der Waals surface area contributed by atoms with E-state index in [0.29, 0.717) is 0 Å². The Morgan fingerprint density at radius 3 is 1.75 bits per heavy atom. The topological polar surface area (TPSA) is 104 Å². The van der Waals surface area contributed by atoms with Crippen molar-refractivity contribution in [1.82, 2.24) is 0 Å². The largest absolute Gasteiger partial charge is 0.480 e. The van der Waals surface area contributed by atoms with Gasteiger partial charge in [0.25, 0.3) is 0 Å². The number of nitrogens with two attached hydrogens (primary N) is 1. The number of hydrogen-bond donors (Lipinski definition) is 4. The highest BCUT2D eigenvalue weighted by Crippen LogP contribution is 1.43. The van der Waals surface area contributed by atoms with Crippen LogP contribution in [0.2, 0.25) is 0 Å².